The average molecular weight is 329 g/mol. The fourth-order valence-electron chi connectivity index (χ4n) is 3.01. The number of rotatable bonds is 10. The molecular formula is C19H27N3O2. The van der Waals surface area contributed by atoms with Crippen LogP contribution in [0, 0.1) is 5.92 Å². The van der Waals surface area contributed by atoms with Gasteiger partial charge in [0.05, 0.1) is 19.2 Å². The molecule has 0 aliphatic heterocycles. The molecule has 1 saturated carbocycles. The fourth-order valence-corrected chi connectivity index (χ4v) is 3.01. The molecule has 5 heteroatoms. The molecule has 0 amide bonds. The number of nitrogens with zero attached hydrogens (tertiary/aromatic N) is 3. The van der Waals surface area contributed by atoms with Gasteiger partial charge in [-0.2, -0.15) is 0 Å². The summed E-state index contributed by atoms with van der Waals surface area (Å²) >= 11 is 0. The maximum absolute atomic E-state index is 5.97. The quantitative estimate of drug-likeness (QED) is 0.624. The van der Waals surface area contributed by atoms with Gasteiger partial charge in [0.25, 0.3) is 0 Å². The zero-order chi connectivity index (χ0) is 16.8. The molecular weight excluding hydrogens is 302 g/mol. The predicted octanol–water partition coefficient (Wildman–Crippen LogP) is 3.53. The van der Waals surface area contributed by atoms with Crippen molar-refractivity contribution < 1.29 is 9.47 Å². The SMILES string of the molecule is CCCN(CCCOc1cc2ncncc2cc1OC)CC1CC1. The van der Waals surface area contributed by atoms with Crippen LogP contribution in [0.5, 0.6) is 11.5 Å². The first-order valence-corrected chi connectivity index (χ1v) is 8.93. The molecule has 0 radical (unpaired) electrons. The summed E-state index contributed by atoms with van der Waals surface area (Å²) in [5.41, 5.74) is 0.877. The van der Waals surface area contributed by atoms with E-state index in [4.69, 9.17) is 9.47 Å². The van der Waals surface area contributed by atoms with E-state index in [0.717, 1.165) is 41.3 Å². The first-order valence-electron chi connectivity index (χ1n) is 8.93. The van der Waals surface area contributed by atoms with E-state index in [1.807, 2.05) is 12.1 Å². The number of aromatic nitrogens is 2. The topological polar surface area (TPSA) is 47.5 Å². The maximum atomic E-state index is 5.97. The summed E-state index contributed by atoms with van der Waals surface area (Å²) < 4.78 is 11.4. The molecule has 0 atom stereocenters. The molecule has 0 saturated heterocycles. The monoisotopic (exact) mass is 329 g/mol. The summed E-state index contributed by atoms with van der Waals surface area (Å²) in [6.45, 7) is 6.48. The van der Waals surface area contributed by atoms with Crippen molar-refractivity contribution in [2.45, 2.75) is 32.6 Å². The van der Waals surface area contributed by atoms with Crippen LogP contribution < -0.4 is 9.47 Å². The van der Waals surface area contributed by atoms with Crippen LogP contribution >= 0.6 is 0 Å². The first kappa shape index (κ1) is 17.0. The minimum atomic E-state index is 0.692. The summed E-state index contributed by atoms with van der Waals surface area (Å²) in [6.07, 6.45) is 8.40. The molecule has 1 aliphatic carbocycles. The zero-order valence-corrected chi connectivity index (χ0v) is 14.7. The lowest BCUT2D eigenvalue weighted by molar-refractivity contribution is 0.224. The Hall–Kier alpha value is -1.88. The third-order valence-electron chi connectivity index (χ3n) is 4.42. The lowest BCUT2D eigenvalue weighted by Gasteiger charge is -2.21. The Kier molecular flexibility index (Phi) is 5.86. The van der Waals surface area contributed by atoms with Crippen molar-refractivity contribution in [2.75, 3.05) is 33.4 Å². The van der Waals surface area contributed by atoms with Gasteiger partial charge in [-0.25, -0.2) is 9.97 Å². The number of hydrogen-bond donors (Lipinski definition) is 0. The van der Waals surface area contributed by atoms with Crippen molar-refractivity contribution >= 4 is 10.9 Å². The van der Waals surface area contributed by atoms with E-state index in [1.54, 1.807) is 19.6 Å². The number of ether oxygens (including phenoxy) is 2. The molecule has 0 unspecified atom stereocenters. The Bertz CT molecular complexity index is 658. The highest BCUT2D eigenvalue weighted by atomic mass is 16.5. The smallest absolute Gasteiger partial charge is 0.163 e. The van der Waals surface area contributed by atoms with Crippen molar-refractivity contribution in [3.8, 4) is 11.5 Å². The number of benzene rings is 1. The van der Waals surface area contributed by atoms with Crippen molar-refractivity contribution in [3.05, 3.63) is 24.7 Å². The molecule has 24 heavy (non-hydrogen) atoms. The zero-order valence-electron chi connectivity index (χ0n) is 14.7. The van der Waals surface area contributed by atoms with Gasteiger partial charge in [0.1, 0.15) is 6.33 Å². The van der Waals surface area contributed by atoms with Crippen LogP contribution in [0.15, 0.2) is 24.7 Å². The van der Waals surface area contributed by atoms with E-state index < -0.39 is 0 Å². The standard InChI is InChI=1S/C19H27N3O2/c1-3-7-22(13-15-5-6-15)8-4-9-24-19-11-17-16(10-18(19)23-2)12-20-14-21-17/h10-12,14-15H,3-9,13H2,1-2H3. The molecule has 3 rings (SSSR count). The highest BCUT2D eigenvalue weighted by molar-refractivity contribution is 5.81. The Morgan fingerprint density at radius 1 is 1.21 bits per heavy atom. The normalized spacial score (nSPS) is 14.3. The predicted molar refractivity (Wildman–Crippen MR) is 95.7 cm³/mol. The molecule has 2 aromatic rings. The largest absolute Gasteiger partial charge is 0.493 e. The van der Waals surface area contributed by atoms with E-state index in [-0.39, 0.29) is 0 Å². The Balaban J connectivity index is 1.54. The van der Waals surface area contributed by atoms with Gasteiger partial charge in [-0.1, -0.05) is 6.92 Å². The Morgan fingerprint density at radius 3 is 2.83 bits per heavy atom. The van der Waals surface area contributed by atoms with E-state index >= 15 is 0 Å². The van der Waals surface area contributed by atoms with Crippen molar-refractivity contribution in [3.63, 3.8) is 0 Å². The lowest BCUT2D eigenvalue weighted by atomic mass is 10.2. The van der Waals surface area contributed by atoms with Crippen molar-refractivity contribution in [1.29, 1.82) is 0 Å². The molecule has 5 nitrogen and oxygen atoms in total. The van der Waals surface area contributed by atoms with Gasteiger partial charge in [0.15, 0.2) is 11.5 Å². The van der Waals surface area contributed by atoms with Gasteiger partial charge in [-0.3, -0.25) is 0 Å². The van der Waals surface area contributed by atoms with Crippen LogP contribution in [0.4, 0.5) is 0 Å². The van der Waals surface area contributed by atoms with Crippen molar-refractivity contribution in [1.82, 2.24) is 14.9 Å². The van der Waals surface area contributed by atoms with Crippen LogP contribution in [0.25, 0.3) is 10.9 Å². The van der Waals surface area contributed by atoms with Gasteiger partial charge in [0.2, 0.25) is 0 Å². The third-order valence-corrected chi connectivity index (χ3v) is 4.42. The van der Waals surface area contributed by atoms with Crippen LogP contribution in [0.2, 0.25) is 0 Å². The molecule has 1 aromatic carbocycles. The van der Waals surface area contributed by atoms with E-state index in [2.05, 4.69) is 21.8 Å². The van der Waals surface area contributed by atoms with E-state index in [1.165, 1.54) is 32.4 Å². The molecule has 0 bridgehead atoms. The van der Waals surface area contributed by atoms with Gasteiger partial charge in [0, 0.05) is 30.7 Å². The third kappa shape index (κ3) is 4.57. The number of methoxy groups -OCH3 is 1. The van der Waals surface area contributed by atoms with Gasteiger partial charge >= 0.3 is 0 Å². The van der Waals surface area contributed by atoms with Gasteiger partial charge in [-0.05, 0) is 44.2 Å². The van der Waals surface area contributed by atoms with Crippen LogP contribution in [-0.4, -0.2) is 48.2 Å². The highest BCUT2D eigenvalue weighted by Gasteiger charge is 2.23. The molecule has 0 N–H and O–H groups in total. The Morgan fingerprint density at radius 2 is 2.08 bits per heavy atom. The molecule has 130 valence electrons. The molecule has 0 spiro atoms. The van der Waals surface area contributed by atoms with Crippen LogP contribution in [0.1, 0.15) is 32.6 Å². The minimum absolute atomic E-state index is 0.692. The molecule has 1 fully saturated rings. The minimum Gasteiger partial charge on any atom is -0.493 e. The lowest BCUT2D eigenvalue weighted by Crippen LogP contribution is -2.29. The maximum Gasteiger partial charge on any atom is 0.163 e. The Labute approximate surface area is 144 Å². The van der Waals surface area contributed by atoms with Gasteiger partial charge < -0.3 is 14.4 Å². The first-order chi connectivity index (χ1) is 11.8. The second kappa shape index (κ2) is 8.29. The second-order valence-electron chi connectivity index (χ2n) is 6.53. The summed E-state index contributed by atoms with van der Waals surface area (Å²) in [4.78, 5) is 10.9. The van der Waals surface area contributed by atoms with Crippen LogP contribution in [0.3, 0.4) is 0 Å². The molecule has 1 heterocycles. The van der Waals surface area contributed by atoms with Crippen molar-refractivity contribution in [2.24, 2.45) is 5.92 Å². The number of hydrogen-bond acceptors (Lipinski definition) is 5. The summed E-state index contributed by atoms with van der Waals surface area (Å²) in [5, 5.41) is 0.959. The van der Waals surface area contributed by atoms with Crippen LogP contribution in [-0.2, 0) is 0 Å². The summed E-state index contributed by atoms with van der Waals surface area (Å²) in [6, 6.07) is 3.87. The number of fused-ring (bicyclic) bond motifs is 1. The summed E-state index contributed by atoms with van der Waals surface area (Å²) in [5.74, 6) is 2.44. The molecule has 1 aromatic heterocycles. The molecule has 1 aliphatic rings. The van der Waals surface area contributed by atoms with Gasteiger partial charge in [-0.15, -0.1) is 0 Å². The highest BCUT2D eigenvalue weighted by Crippen LogP contribution is 2.31. The van der Waals surface area contributed by atoms with E-state index in [0.29, 0.717) is 6.61 Å². The average Bonchev–Trinajstić information content (AvgIpc) is 3.42. The fraction of sp³-hybridized carbons (Fsp3) is 0.579. The summed E-state index contributed by atoms with van der Waals surface area (Å²) in [7, 11) is 1.66. The van der Waals surface area contributed by atoms with E-state index in [9.17, 15) is 0 Å². The second-order valence-corrected chi connectivity index (χ2v) is 6.53.